The summed E-state index contributed by atoms with van der Waals surface area (Å²) in [4.78, 5) is 25.6. The molecule has 1 heterocycles. The molecule has 11 heteroatoms. The number of amides is 1. The number of nitrogens with zero attached hydrogens (tertiary/aromatic N) is 1. The lowest BCUT2D eigenvalue weighted by Gasteiger charge is -2.32. The number of carbonyl (C=O) groups is 2. The van der Waals surface area contributed by atoms with Crippen LogP contribution in [0.15, 0.2) is 46.7 Å². The fourth-order valence-corrected chi connectivity index (χ4v) is 6.34. The van der Waals surface area contributed by atoms with Gasteiger partial charge in [0.25, 0.3) is 0 Å². The number of hydrogen-bond acceptors (Lipinski definition) is 8. The van der Waals surface area contributed by atoms with Crippen LogP contribution in [0.25, 0.3) is 11.1 Å². The average molecular weight is 610 g/mol. The molecule has 1 saturated carbocycles. The maximum atomic E-state index is 14.6. The molecule has 0 spiro atoms. The van der Waals surface area contributed by atoms with Crippen molar-refractivity contribution in [3.63, 3.8) is 0 Å². The topological polar surface area (TPSA) is 129 Å². The standard InChI is InChI=1S/C33H37F2N3O6/c1-18-25-16-27(34)32(41)30(35)26(25)17-28(40)29(18)20-5-3-6-21(15-20)31-24-10-9-22(7-4-8-23(24)19(2)37-38-31)44-33(42)36-11-13-43-14-12-39/h3,5-6,15-16,22,24,37,39,41H,4,7-14,17H2,1-2H3,(H,36,42). The van der Waals surface area contributed by atoms with E-state index in [0.29, 0.717) is 29.6 Å². The minimum atomic E-state index is -1.10. The number of phenolic OH excluding ortho intramolecular Hbond substituents is 1. The number of rotatable bonds is 8. The van der Waals surface area contributed by atoms with E-state index in [9.17, 15) is 23.5 Å². The Bertz CT molecular complexity index is 1550. The molecule has 0 bridgehead atoms. The summed E-state index contributed by atoms with van der Waals surface area (Å²) in [6.07, 6.45) is 2.66. The van der Waals surface area contributed by atoms with Gasteiger partial charge >= 0.3 is 6.09 Å². The van der Waals surface area contributed by atoms with Gasteiger partial charge in [0.2, 0.25) is 0 Å². The Morgan fingerprint density at radius 3 is 2.73 bits per heavy atom. The third-order valence-corrected chi connectivity index (χ3v) is 8.49. The van der Waals surface area contributed by atoms with Crippen LogP contribution in [-0.4, -0.2) is 60.3 Å². The fraction of sp³-hybridized carbons (Fsp3) is 0.424. The third kappa shape index (κ3) is 6.53. The summed E-state index contributed by atoms with van der Waals surface area (Å²) in [6.45, 7) is 4.37. The number of ether oxygens (including phenoxy) is 2. The molecular formula is C33H37F2N3O6. The Balaban J connectivity index is 1.36. The number of alkyl carbamates (subject to hydrolysis) is 1. The van der Waals surface area contributed by atoms with Gasteiger partial charge in [0.05, 0.1) is 25.5 Å². The van der Waals surface area contributed by atoms with Gasteiger partial charge in [-0.05, 0) is 85.9 Å². The highest BCUT2D eigenvalue weighted by molar-refractivity contribution is 6.30. The number of benzene rings is 2. The van der Waals surface area contributed by atoms with Crippen molar-refractivity contribution in [2.45, 2.75) is 58.5 Å². The second-order valence-electron chi connectivity index (χ2n) is 11.3. The molecule has 2 aromatic carbocycles. The summed E-state index contributed by atoms with van der Waals surface area (Å²) >= 11 is 0. The van der Waals surface area contributed by atoms with Gasteiger partial charge in [-0.3, -0.25) is 10.2 Å². The first-order valence-electron chi connectivity index (χ1n) is 14.9. The van der Waals surface area contributed by atoms with Crippen LogP contribution in [0.4, 0.5) is 13.6 Å². The van der Waals surface area contributed by atoms with E-state index in [0.717, 1.165) is 42.3 Å². The number of aromatic hydroxyl groups is 1. The van der Waals surface area contributed by atoms with Crippen LogP contribution in [0, 0.1) is 17.6 Å². The van der Waals surface area contributed by atoms with Crippen molar-refractivity contribution in [2.75, 3.05) is 26.4 Å². The first-order valence-corrected chi connectivity index (χ1v) is 14.9. The number of halogens is 2. The Morgan fingerprint density at radius 1 is 1.14 bits per heavy atom. The summed E-state index contributed by atoms with van der Waals surface area (Å²) in [7, 11) is 0. The van der Waals surface area contributed by atoms with E-state index in [2.05, 4.69) is 10.7 Å². The number of aliphatic hydroxyl groups is 1. The van der Waals surface area contributed by atoms with Crippen LogP contribution >= 0.6 is 0 Å². The van der Waals surface area contributed by atoms with E-state index < -0.39 is 23.5 Å². The number of nitrogens with one attached hydrogen (secondary N) is 2. The van der Waals surface area contributed by atoms with E-state index in [1.165, 1.54) is 5.57 Å². The molecule has 2 aliphatic carbocycles. The Labute approximate surface area is 254 Å². The number of ketones is 1. The maximum absolute atomic E-state index is 14.6. The van der Waals surface area contributed by atoms with Crippen molar-refractivity contribution < 1.29 is 38.1 Å². The average Bonchev–Trinajstić information content (AvgIpc) is 2.99. The Morgan fingerprint density at radius 2 is 1.93 bits per heavy atom. The van der Waals surface area contributed by atoms with Crippen molar-refractivity contribution in [2.24, 2.45) is 11.0 Å². The van der Waals surface area contributed by atoms with Crippen LogP contribution in [0.5, 0.6) is 5.75 Å². The predicted molar refractivity (Wildman–Crippen MR) is 161 cm³/mol. The number of hydrogen-bond donors (Lipinski definition) is 4. The lowest BCUT2D eigenvalue weighted by molar-refractivity contribution is -0.113. The zero-order valence-electron chi connectivity index (χ0n) is 24.8. The van der Waals surface area contributed by atoms with Gasteiger partial charge in [0.1, 0.15) is 6.10 Å². The van der Waals surface area contributed by atoms with Crippen molar-refractivity contribution >= 4 is 28.7 Å². The van der Waals surface area contributed by atoms with Gasteiger partial charge in [-0.1, -0.05) is 18.2 Å². The van der Waals surface area contributed by atoms with Gasteiger partial charge in [-0.25, -0.2) is 13.6 Å². The third-order valence-electron chi connectivity index (χ3n) is 8.49. The van der Waals surface area contributed by atoms with Gasteiger partial charge in [0.15, 0.2) is 23.2 Å². The van der Waals surface area contributed by atoms with E-state index in [-0.39, 0.29) is 61.7 Å². The molecule has 9 nitrogen and oxygen atoms in total. The molecule has 0 aromatic heterocycles. The highest BCUT2D eigenvalue weighted by Gasteiger charge is 2.33. The van der Waals surface area contributed by atoms with Crippen LogP contribution in [0.3, 0.4) is 0 Å². The predicted octanol–water partition coefficient (Wildman–Crippen LogP) is 4.99. The molecule has 44 heavy (non-hydrogen) atoms. The first kappa shape index (κ1) is 31.3. The highest BCUT2D eigenvalue weighted by Crippen LogP contribution is 2.40. The number of carbonyl (C=O) groups excluding carboxylic acids is 2. The van der Waals surface area contributed by atoms with Gasteiger partial charge in [-0.15, -0.1) is 0 Å². The number of Topliss-reactive ketones (excluding diaryl/α,β-unsaturated/α-hetero) is 1. The molecule has 2 unspecified atom stereocenters. The molecule has 2 aromatic rings. The van der Waals surface area contributed by atoms with Gasteiger partial charge in [-0.2, -0.15) is 5.10 Å². The zero-order chi connectivity index (χ0) is 31.4. The summed E-state index contributed by atoms with van der Waals surface area (Å²) in [5.41, 5.74) is 8.72. The van der Waals surface area contributed by atoms with Crippen LogP contribution in [0.2, 0.25) is 0 Å². The largest absolute Gasteiger partial charge is 0.503 e. The van der Waals surface area contributed by atoms with E-state index in [1.807, 2.05) is 25.1 Å². The molecule has 5 rings (SSSR count). The van der Waals surface area contributed by atoms with Crippen LogP contribution < -0.4 is 10.7 Å². The number of fused-ring (bicyclic) bond motifs is 2. The second-order valence-corrected chi connectivity index (χ2v) is 11.3. The Hall–Kier alpha value is -4.09. The SMILES string of the molecule is CC1=C2CCCC(OC(=O)NCCOCCO)CCC2C(c2cccc(C3=C(C)c4cc(F)c(O)c(F)c4CC3=O)c2)=NN1. The number of aliphatic hydroxyl groups excluding tert-OH is 1. The van der Waals surface area contributed by atoms with Crippen molar-refractivity contribution in [1.82, 2.24) is 10.7 Å². The molecule has 1 fully saturated rings. The molecule has 3 aliphatic rings. The van der Waals surface area contributed by atoms with Gasteiger partial charge in [0, 0.05) is 35.7 Å². The normalized spacial score (nSPS) is 20.2. The maximum Gasteiger partial charge on any atom is 0.407 e. The van der Waals surface area contributed by atoms with Crippen molar-refractivity contribution in [3.05, 3.63) is 75.5 Å². The smallest absolute Gasteiger partial charge is 0.407 e. The number of allylic oxidation sites excluding steroid dienone is 4. The minimum Gasteiger partial charge on any atom is -0.503 e. The minimum absolute atomic E-state index is 0.00702. The molecule has 0 saturated heterocycles. The lowest BCUT2D eigenvalue weighted by Crippen LogP contribution is -2.34. The molecule has 2 atom stereocenters. The first-order chi connectivity index (χ1) is 21.2. The molecule has 1 amide bonds. The van der Waals surface area contributed by atoms with Crippen LogP contribution in [-0.2, 0) is 20.7 Å². The molecule has 0 radical (unpaired) electrons. The summed E-state index contributed by atoms with van der Waals surface area (Å²) in [5.74, 6) is -3.60. The zero-order valence-corrected chi connectivity index (χ0v) is 24.8. The van der Waals surface area contributed by atoms with Gasteiger partial charge < -0.3 is 25.0 Å². The number of phenols is 1. The quantitative estimate of drug-likeness (QED) is 0.310. The second kappa shape index (κ2) is 13.7. The molecular weight excluding hydrogens is 572 g/mol. The lowest BCUT2D eigenvalue weighted by atomic mass is 9.78. The summed E-state index contributed by atoms with van der Waals surface area (Å²) in [5, 5.41) is 25.9. The number of hydrazone groups is 1. The van der Waals surface area contributed by atoms with Crippen molar-refractivity contribution in [3.8, 4) is 5.75 Å². The molecule has 1 aliphatic heterocycles. The molecule has 234 valence electrons. The molecule has 4 N–H and O–H groups in total. The summed E-state index contributed by atoms with van der Waals surface area (Å²) < 4.78 is 39.8. The fourth-order valence-electron chi connectivity index (χ4n) is 6.34. The highest BCUT2D eigenvalue weighted by atomic mass is 19.1. The van der Waals surface area contributed by atoms with E-state index >= 15 is 0 Å². The van der Waals surface area contributed by atoms with Crippen molar-refractivity contribution in [1.29, 1.82) is 0 Å². The van der Waals surface area contributed by atoms with E-state index in [4.69, 9.17) is 19.7 Å². The van der Waals surface area contributed by atoms with E-state index in [1.54, 1.807) is 13.0 Å². The Kier molecular flexibility index (Phi) is 9.75. The summed E-state index contributed by atoms with van der Waals surface area (Å²) in [6, 6.07) is 8.52. The van der Waals surface area contributed by atoms with Crippen LogP contribution in [0.1, 0.15) is 68.2 Å². The monoisotopic (exact) mass is 609 g/mol.